The van der Waals surface area contributed by atoms with E-state index in [0.717, 1.165) is 17.0 Å². The largest absolute Gasteiger partial charge is 0.329 e. The molecule has 0 spiro atoms. The van der Waals surface area contributed by atoms with Crippen molar-refractivity contribution < 1.29 is 9.59 Å². The Morgan fingerprint density at radius 3 is 2.64 bits per heavy atom. The molecule has 0 N–H and O–H groups in total. The van der Waals surface area contributed by atoms with E-state index in [4.69, 9.17) is 0 Å². The van der Waals surface area contributed by atoms with Crippen molar-refractivity contribution in [3.63, 3.8) is 0 Å². The fraction of sp³-hybridized carbons (Fsp3) is 0.429. The van der Waals surface area contributed by atoms with Gasteiger partial charge < -0.3 is 9.80 Å². The van der Waals surface area contributed by atoms with Crippen LogP contribution in [0.2, 0.25) is 0 Å². The van der Waals surface area contributed by atoms with Crippen molar-refractivity contribution in [2.45, 2.75) is 46.7 Å². The highest BCUT2D eigenvalue weighted by Gasteiger charge is 2.33. The lowest BCUT2D eigenvalue weighted by molar-refractivity contribution is -0.139. The fourth-order valence-electron chi connectivity index (χ4n) is 3.57. The minimum Gasteiger partial charge on any atom is -0.329 e. The number of amides is 2. The zero-order valence-electron chi connectivity index (χ0n) is 16.8. The first-order valence-electron chi connectivity index (χ1n) is 9.43. The quantitative estimate of drug-likeness (QED) is 0.816. The van der Waals surface area contributed by atoms with Gasteiger partial charge in [-0.1, -0.05) is 12.1 Å². The minimum absolute atomic E-state index is 0.0237. The van der Waals surface area contributed by atoms with Crippen molar-refractivity contribution in [1.29, 1.82) is 5.26 Å². The van der Waals surface area contributed by atoms with E-state index in [1.54, 1.807) is 28.0 Å². The first kappa shape index (κ1) is 19.6. The van der Waals surface area contributed by atoms with E-state index in [0.29, 0.717) is 30.8 Å². The van der Waals surface area contributed by atoms with Crippen LogP contribution in [0, 0.1) is 32.1 Å². The van der Waals surface area contributed by atoms with E-state index in [1.165, 1.54) is 0 Å². The van der Waals surface area contributed by atoms with Crippen LogP contribution in [0.3, 0.4) is 0 Å². The molecular formula is C21H25N5O2. The minimum atomic E-state index is -0.170. The third-order valence-electron chi connectivity index (χ3n) is 5.50. The highest BCUT2D eigenvalue weighted by molar-refractivity contribution is 5.99. The Bertz CT molecular complexity index is 956. The molecule has 1 atom stereocenters. The summed E-state index contributed by atoms with van der Waals surface area (Å²) in [6, 6.07) is 9.05. The third-order valence-corrected chi connectivity index (χ3v) is 5.50. The van der Waals surface area contributed by atoms with E-state index in [1.807, 2.05) is 38.4 Å². The summed E-state index contributed by atoms with van der Waals surface area (Å²) < 4.78 is 1.86. The van der Waals surface area contributed by atoms with Crippen LogP contribution < -0.4 is 4.90 Å². The number of carbonyl (C=O) groups is 2. The Morgan fingerprint density at radius 1 is 1.29 bits per heavy atom. The van der Waals surface area contributed by atoms with Gasteiger partial charge >= 0.3 is 0 Å². The molecule has 2 aromatic rings. The lowest BCUT2D eigenvalue weighted by Crippen LogP contribution is -2.57. The number of benzene rings is 1. The number of aryl methyl sites for hydroxylation is 2. The molecular weight excluding hydrogens is 354 g/mol. The maximum Gasteiger partial charge on any atom is 0.246 e. The van der Waals surface area contributed by atoms with E-state index in [2.05, 4.69) is 11.2 Å². The molecule has 7 nitrogen and oxygen atoms in total. The summed E-state index contributed by atoms with van der Waals surface area (Å²) in [5, 5.41) is 13.8. The van der Waals surface area contributed by atoms with Gasteiger partial charge in [-0.05, 0) is 45.4 Å². The molecule has 0 aliphatic carbocycles. The topological polar surface area (TPSA) is 82.2 Å². The molecule has 0 bridgehead atoms. The number of carbonyl (C=O) groups excluding carboxylic acids is 2. The average Bonchev–Trinajstić information content (AvgIpc) is 2.94. The number of aromatic nitrogens is 2. The number of nitriles is 1. The maximum absolute atomic E-state index is 12.8. The van der Waals surface area contributed by atoms with Crippen LogP contribution in [0.1, 0.15) is 35.9 Å². The monoisotopic (exact) mass is 379 g/mol. The lowest BCUT2D eigenvalue weighted by atomic mass is 10.1. The Hall–Kier alpha value is -3.14. The van der Waals surface area contributed by atoms with Crippen molar-refractivity contribution in [2.75, 3.05) is 18.0 Å². The molecule has 2 heterocycles. The number of anilines is 1. The fourth-order valence-corrected chi connectivity index (χ4v) is 3.57. The number of hydrogen-bond acceptors (Lipinski definition) is 4. The molecule has 2 amide bonds. The van der Waals surface area contributed by atoms with Crippen molar-refractivity contribution >= 4 is 17.5 Å². The average molecular weight is 379 g/mol. The van der Waals surface area contributed by atoms with E-state index in [9.17, 15) is 14.9 Å². The summed E-state index contributed by atoms with van der Waals surface area (Å²) in [4.78, 5) is 28.7. The van der Waals surface area contributed by atoms with Gasteiger partial charge in [0, 0.05) is 31.2 Å². The molecule has 1 aliphatic heterocycles. The molecule has 1 aliphatic rings. The van der Waals surface area contributed by atoms with Gasteiger partial charge in [0.05, 0.1) is 16.9 Å². The zero-order chi connectivity index (χ0) is 20.4. The van der Waals surface area contributed by atoms with Gasteiger partial charge in [-0.2, -0.15) is 10.4 Å². The number of hydrogen-bond donors (Lipinski definition) is 0. The van der Waals surface area contributed by atoms with Gasteiger partial charge in [0.25, 0.3) is 0 Å². The maximum atomic E-state index is 12.8. The molecule has 0 unspecified atom stereocenters. The van der Waals surface area contributed by atoms with Gasteiger partial charge in [-0.3, -0.25) is 14.3 Å². The Kier molecular flexibility index (Phi) is 5.50. The standard InChI is InChI=1S/C21H25N5O2/c1-14-12-25(19-8-6-5-7-18(19)11-22)21(28)13-24(14)20(27)9-10-26-17(4)15(2)16(3)23-26/h5-8,14H,9-10,12-13H2,1-4H3/t14-/m1/s1. The normalized spacial score (nSPS) is 17.0. The van der Waals surface area contributed by atoms with Crippen LogP contribution in [0.15, 0.2) is 24.3 Å². The highest BCUT2D eigenvalue weighted by Crippen LogP contribution is 2.24. The molecule has 28 heavy (non-hydrogen) atoms. The Labute approximate surface area is 165 Å². The van der Waals surface area contributed by atoms with Crippen LogP contribution in [0.4, 0.5) is 5.69 Å². The van der Waals surface area contributed by atoms with E-state index in [-0.39, 0.29) is 24.4 Å². The van der Waals surface area contributed by atoms with Gasteiger partial charge in [-0.15, -0.1) is 0 Å². The van der Waals surface area contributed by atoms with Gasteiger partial charge in [0.1, 0.15) is 12.6 Å². The molecule has 1 fully saturated rings. The summed E-state index contributed by atoms with van der Waals surface area (Å²) >= 11 is 0. The van der Waals surface area contributed by atoms with Gasteiger partial charge in [0.2, 0.25) is 11.8 Å². The van der Waals surface area contributed by atoms with Crippen molar-refractivity contribution in [3.8, 4) is 6.07 Å². The first-order valence-corrected chi connectivity index (χ1v) is 9.43. The second kappa shape index (κ2) is 7.85. The molecule has 1 aromatic heterocycles. The molecule has 1 aromatic carbocycles. The van der Waals surface area contributed by atoms with Crippen LogP contribution >= 0.6 is 0 Å². The third kappa shape index (κ3) is 3.63. The van der Waals surface area contributed by atoms with Crippen molar-refractivity contribution in [3.05, 3.63) is 46.8 Å². The predicted molar refractivity (Wildman–Crippen MR) is 106 cm³/mol. The van der Waals surface area contributed by atoms with Gasteiger partial charge in [-0.25, -0.2) is 0 Å². The Morgan fingerprint density at radius 2 is 2.00 bits per heavy atom. The summed E-state index contributed by atoms with van der Waals surface area (Å²) in [6.45, 7) is 8.81. The number of nitrogens with zero attached hydrogens (tertiary/aromatic N) is 5. The van der Waals surface area contributed by atoms with Crippen LogP contribution in [-0.2, 0) is 16.1 Å². The second-order valence-corrected chi connectivity index (χ2v) is 7.27. The molecule has 7 heteroatoms. The molecule has 3 rings (SSSR count). The molecule has 146 valence electrons. The highest BCUT2D eigenvalue weighted by atomic mass is 16.2. The summed E-state index contributed by atoms with van der Waals surface area (Å²) in [5.74, 6) is -0.226. The summed E-state index contributed by atoms with van der Waals surface area (Å²) in [6.07, 6.45) is 0.299. The van der Waals surface area contributed by atoms with E-state index >= 15 is 0 Å². The molecule has 1 saturated heterocycles. The van der Waals surface area contributed by atoms with Crippen molar-refractivity contribution in [1.82, 2.24) is 14.7 Å². The molecule has 0 radical (unpaired) electrons. The van der Waals surface area contributed by atoms with E-state index < -0.39 is 0 Å². The smallest absolute Gasteiger partial charge is 0.246 e. The Balaban J connectivity index is 1.68. The molecule has 0 saturated carbocycles. The second-order valence-electron chi connectivity index (χ2n) is 7.27. The zero-order valence-corrected chi connectivity index (χ0v) is 16.8. The first-order chi connectivity index (χ1) is 13.3. The number of para-hydroxylation sites is 1. The number of rotatable bonds is 4. The van der Waals surface area contributed by atoms with Crippen LogP contribution in [0.25, 0.3) is 0 Å². The summed E-state index contributed by atoms with van der Waals surface area (Å²) in [7, 11) is 0. The van der Waals surface area contributed by atoms with Crippen molar-refractivity contribution in [2.24, 2.45) is 0 Å². The SMILES string of the molecule is Cc1nn(CCC(=O)N2CC(=O)N(c3ccccc3C#N)C[C@H]2C)c(C)c1C. The predicted octanol–water partition coefficient (Wildman–Crippen LogP) is 2.33. The van der Waals surface area contributed by atoms with Gasteiger partial charge in [0.15, 0.2) is 0 Å². The lowest BCUT2D eigenvalue weighted by Gasteiger charge is -2.39. The number of piperazine rings is 1. The van der Waals surface area contributed by atoms with Crippen LogP contribution in [-0.4, -0.2) is 45.6 Å². The van der Waals surface area contributed by atoms with Crippen LogP contribution in [0.5, 0.6) is 0 Å². The summed E-state index contributed by atoms with van der Waals surface area (Å²) in [5.41, 5.74) is 4.24.